The van der Waals surface area contributed by atoms with Crippen molar-refractivity contribution in [1.82, 2.24) is 5.32 Å². The Kier molecular flexibility index (Phi) is 3.80. The number of para-hydroxylation sites is 1. The van der Waals surface area contributed by atoms with Crippen LogP contribution in [0.3, 0.4) is 0 Å². The molecule has 1 fully saturated rings. The maximum absolute atomic E-state index is 12.3. The largest absolute Gasteiger partial charge is 0.573 e. The molecule has 2 rings (SSSR count). The molecule has 1 aliphatic heterocycles. The summed E-state index contributed by atoms with van der Waals surface area (Å²) in [7, 11) is 0. The fourth-order valence-electron chi connectivity index (χ4n) is 2.24. The highest BCUT2D eigenvalue weighted by Crippen LogP contribution is 2.30. The molecule has 1 N–H and O–H groups in total. The van der Waals surface area contributed by atoms with Gasteiger partial charge in [-0.2, -0.15) is 0 Å². The third-order valence-corrected chi connectivity index (χ3v) is 3.23. The van der Waals surface area contributed by atoms with E-state index in [0.717, 1.165) is 6.07 Å². The molecule has 1 aromatic carbocycles. The average molecular weight is 273 g/mol. The molecule has 0 saturated carbocycles. The molecule has 0 spiro atoms. The van der Waals surface area contributed by atoms with Crippen molar-refractivity contribution in [3.8, 4) is 5.75 Å². The van der Waals surface area contributed by atoms with Gasteiger partial charge in [-0.25, -0.2) is 0 Å². The van der Waals surface area contributed by atoms with Crippen molar-refractivity contribution >= 4 is 5.78 Å². The second kappa shape index (κ2) is 5.21. The summed E-state index contributed by atoms with van der Waals surface area (Å²) in [4.78, 5) is 12.3. The minimum atomic E-state index is -4.80. The maximum Gasteiger partial charge on any atom is 0.573 e. The van der Waals surface area contributed by atoms with E-state index in [1.54, 1.807) is 0 Å². The van der Waals surface area contributed by atoms with Gasteiger partial charge >= 0.3 is 6.36 Å². The van der Waals surface area contributed by atoms with Crippen LogP contribution in [0.2, 0.25) is 0 Å². The summed E-state index contributed by atoms with van der Waals surface area (Å²) in [6.07, 6.45) is -4.80. The van der Waals surface area contributed by atoms with Crippen LogP contribution in [0.15, 0.2) is 24.3 Å². The molecular formula is C13H14F3NO2. The Balaban J connectivity index is 2.26. The van der Waals surface area contributed by atoms with E-state index in [2.05, 4.69) is 10.1 Å². The molecule has 1 saturated heterocycles. The summed E-state index contributed by atoms with van der Waals surface area (Å²) in [5.41, 5.74) is -0.0135. The number of benzene rings is 1. The molecule has 3 nitrogen and oxygen atoms in total. The van der Waals surface area contributed by atoms with Gasteiger partial charge in [-0.1, -0.05) is 19.1 Å². The van der Waals surface area contributed by atoms with E-state index < -0.39 is 12.1 Å². The smallest absolute Gasteiger partial charge is 0.405 e. The van der Waals surface area contributed by atoms with Crippen LogP contribution in [-0.2, 0) is 0 Å². The zero-order valence-corrected chi connectivity index (χ0v) is 10.3. The minimum absolute atomic E-state index is 0.0135. The SMILES string of the molecule is CC1CNCC1C(=O)c1ccccc1OC(F)(F)F. The number of hydrogen-bond donors (Lipinski definition) is 1. The van der Waals surface area contributed by atoms with Crippen molar-refractivity contribution in [3.05, 3.63) is 29.8 Å². The number of nitrogens with one attached hydrogen (secondary N) is 1. The van der Waals surface area contributed by atoms with Gasteiger partial charge in [0.15, 0.2) is 5.78 Å². The molecule has 0 aromatic heterocycles. The Morgan fingerprint density at radius 2 is 2.00 bits per heavy atom. The fraction of sp³-hybridized carbons (Fsp3) is 0.462. The molecule has 1 heterocycles. The number of hydrogen-bond acceptors (Lipinski definition) is 3. The lowest BCUT2D eigenvalue weighted by molar-refractivity contribution is -0.274. The summed E-state index contributed by atoms with van der Waals surface area (Å²) in [5.74, 6) is -0.944. The lowest BCUT2D eigenvalue weighted by atomic mass is 9.89. The lowest BCUT2D eigenvalue weighted by Gasteiger charge is -2.16. The van der Waals surface area contributed by atoms with Crippen molar-refractivity contribution in [2.75, 3.05) is 13.1 Å². The first-order valence-electron chi connectivity index (χ1n) is 5.98. The lowest BCUT2D eigenvalue weighted by Crippen LogP contribution is -2.24. The fourth-order valence-corrected chi connectivity index (χ4v) is 2.24. The highest BCUT2D eigenvalue weighted by molar-refractivity contribution is 6.00. The number of ketones is 1. The van der Waals surface area contributed by atoms with E-state index in [1.807, 2.05) is 6.92 Å². The van der Waals surface area contributed by atoms with E-state index >= 15 is 0 Å². The number of rotatable bonds is 3. The van der Waals surface area contributed by atoms with Gasteiger partial charge in [0.1, 0.15) is 5.75 Å². The number of carbonyl (C=O) groups excluding carboxylic acids is 1. The van der Waals surface area contributed by atoms with E-state index in [-0.39, 0.29) is 23.2 Å². The average Bonchev–Trinajstić information content (AvgIpc) is 2.73. The third-order valence-electron chi connectivity index (χ3n) is 3.23. The van der Waals surface area contributed by atoms with Crippen LogP contribution in [0.1, 0.15) is 17.3 Å². The molecule has 0 radical (unpaired) electrons. The van der Waals surface area contributed by atoms with Crippen LogP contribution in [0.25, 0.3) is 0 Å². The number of ether oxygens (including phenoxy) is 1. The highest BCUT2D eigenvalue weighted by Gasteiger charge is 2.35. The van der Waals surface area contributed by atoms with E-state index in [4.69, 9.17) is 0 Å². The second-order valence-electron chi connectivity index (χ2n) is 4.65. The van der Waals surface area contributed by atoms with Crippen molar-refractivity contribution in [2.24, 2.45) is 11.8 Å². The Hall–Kier alpha value is -1.56. The first-order valence-corrected chi connectivity index (χ1v) is 5.98. The number of Topliss-reactive ketones (excluding diaryl/α,β-unsaturated/α-hetero) is 1. The Morgan fingerprint density at radius 1 is 1.32 bits per heavy atom. The van der Waals surface area contributed by atoms with Crippen LogP contribution in [-0.4, -0.2) is 25.2 Å². The summed E-state index contributed by atoms with van der Waals surface area (Å²) < 4.78 is 40.8. The zero-order valence-electron chi connectivity index (χ0n) is 10.3. The molecule has 1 aliphatic rings. The number of halogens is 3. The van der Waals surface area contributed by atoms with E-state index in [0.29, 0.717) is 13.1 Å². The summed E-state index contributed by atoms with van der Waals surface area (Å²) in [6.45, 7) is 3.08. The monoisotopic (exact) mass is 273 g/mol. The normalized spacial score (nSPS) is 23.4. The van der Waals surface area contributed by atoms with Crippen LogP contribution >= 0.6 is 0 Å². The van der Waals surface area contributed by atoms with Crippen molar-refractivity contribution in [1.29, 1.82) is 0 Å². The molecular weight excluding hydrogens is 259 g/mol. The first-order chi connectivity index (χ1) is 8.88. The molecule has 2 unspecified atom stereocenters. The Bertz CT molecular complexity index is 473. The van der Waals surface area contributed by atoms with Crippen LogP contribution in [0.4, 0.5) is 13.2 Å². The topological polar surface area (TPSA) is 38.3 Å². The van der Waals surface area contributed by atoms with Gasteiger partial charge in [-0.15, -0.1) is 13.2 Å². The quantitative estimate of drug-likeness (QED) is 0.860. The van der Waals surface area contributed by atoms with Crippen LogP contribution in [0.5, 0.6) is 5.75 Å². The van der Waals surface area contributed by atoms with Gasteiger partial charge in [-0.3, -0.25) is 4.79 Å². The Morgan fingerprint density at radius 3 is 2.58 bits per heavy atom. The van der Waals surface area contributed by atoms with Gasteiger partial charge in [0, 0.05) is 12.5 Å². The molecule has 1 aromatic rings. The summed E-state index contributed by atoms with van der Waals surface area (Å²) in [6, 6.07) is 5.47. The van der Waals surface area contributed by atoms with Crippen molar-refractivity contribution in [3.63, 3.8) is 0 Å². The predicted molar refractivity (Wildman–Crippen MR) is 63.0 cm³/mol. The van der Waals surface area contributed by atoms with Gasteiger partial charge < -0.3 is 10.1 Å². The van der Waals surface area contributed by atoms with Crippen LogP contribution in [0, 0.1) is 11.8 Å². The van der Waals surface area contributed by atoms with Gasteiger partial charge in [0.05, 0.1) is 5.56 Å². The van der Waals surface area contributed by atoms with Gasteiger partial charge in [0.25, 0.3) is 0 Å². The van der Waals surface area contributed by atoms with Crippen LogP contribution < -0.4 is 10.1 Å². The molecule has 19 heavy (non-hydrogen) atoms. The number of alkyl halides is 3. The standard InChI is InChI=1S/C13H14F3NO2/c1-8-6-17-7-10(8)12(18)9-4-2-3-5-11(9)19-13(14,15)16/h2-5,8,10,17H,6-7H2,1H3. The van der Waals surface area contributed by atoms with Crippen molar-refractivity contribution in [2.45, 2.75) is 13.3 Å². The molecule has 0 aliphatic carbocycles. The summed E-state index contributed by atoms with van der Waals surface area (Å²) in [5, 5.41) is 3.06. The molecule has 0 amide bonds. The number of carbonyl (C=O) groups is 1. The van der Waals surface area contributed by atoms with Crippen molar-refractivity contribution < 1.29 is 22.7 Å². The highest BCUT2D eigenvalue weighted by atomic mass is 19.4. The van der Waals surface area contributed by atoms with Gasteiger partial charge in [0.2, 0.25) is 0 Å². The molecule has 104 valence electrons. The maximum atomic E-state index is 12.3. The predicted octanol–water partition coefficient (Wildman–Crippen LogP) is 2.62. The zero-order chi connectivity index (χ0) is 14.0. The first kappa shape index (κ1) is 13.9. The molecule has 0 bridgehead atoms. The Labute approximate surface area is 108 Å². The van der Waals surface area contributed by atoms with E-state index in [9.17, 15) is 18.0 Å². The second-order valence-corrected chi connectivity index (χ2v) is 4.65. The summed E-state index contributed by atoms with van der Waals surface area (Å²) >= 11 is 0. The molecule has 6 heteroatoms. The van der Waals surface area contributed by atoms with E-state index in [1.165, 1.54) is 18.2 Å². The minimum Gasteiger partial charge on any atom is -0.405 e. The third kappa shape index (κ3) is 3.26. The van der Waals surface area contributed by atoms with Gasteiger partial charge in [-0.05, 0) is 24.6 Å². The molecule has 2 atom stereocenters.